The maximum Gasteiger partial charge on any atom is 0.259 e. The zero-order valence-electron chi connectivity index (χ0n) is 9.07. The van der Waals surface area contributed by atoms with Crippen molar-refractivity contribution in [1.82, 2.24) is 15.4 Å². The number of piperazine rings is 1. The highest BCUT2D eigenvalue weighted by atomic mass is 127. The molecular weight excluding hydrogens is 321 g/mol. The Bertz CT molecular complexity index is 372. The molecule has 0 saturated carbocycles. The van der Waals surface area contributed by atoms with Gasteiger partial charge in [0.15, 0.2) is 0 Å². The molecule has 1 N–H and O–H groups in total. The lowest BCUT2D eigenvalue weighted by molar-refractivity contribution is 0.0734. The van der Waals surface area contributed by atoms with E-state index >= 15 is 0 Å². The van der Waals surface area contributed by atoms with Crippen molar-refractivity contribution < 1.29 is 9.32 Å². The Labute approximate surface area is 108 Å². The zero-order chi connectivity index (χ0) is 11.5. The molecule has 1 aromatic rings. The maximum atomic E-state index is 12.2. The molecule has 1 fully saturated rings. The summed E-state index contributed by atoms with van der Waals surface area (Å²) in [6.07, 6.45) is 1.45. The third-order valence-electron chi connectivity index (χ3n) is 2.61. The Morgan fingerprint density at radius 3 is 2.94 bits per heavy atom. The second kappa shape index (κ2) is 5.13. The molecule has 0 aliphatic carbocycles. The van der Waals surface area contributed by atoms with Crippen molar-refractivity contribution in [2.75, 3.05) is 26.2 Å². The number of rotatable bonds is 2. The molecule has 2 heterocycles. The molecule has 0 spiro atoms. The smallest absolute Gasteiger partial charge is 0.259 e. The van der Waals surface area contributed by atoms with Crippen molar-refractivity contribution in [2.45, 2.75) is 10.8 Å². The summed E-state index contributed by atoms with van der Waals surface area (Å²) in [5.74, 6) is 0.0290. The largest absolute Gasteiger partial charge is 0.364 e. The molecule has 1 aromatic heterocycles. The van der Waals surface area contributed by atoms with Crippen LogP contribution in [0.5, 0.6) is 0 Å². The van der Waals surface area contributed by atoms with Gasteiger partial charge in [-0.05, 0) is 6.92 Å². The Morgan fingerprint density at radius 1 is 1.62 bits per heavy atom. The highest BCUT2D eigenvalue weighted by molar-refractivity contribution is 14.1. The predicted molar refractivity (Wildman–Crippen MR) is 67.7 cm³/mol. The molecule has 1 aliphatic rings. The van der Waals surface area contributed by atoms with Gasteiger partial charge in [0, 0.05) is 26.2 Å². The third kappa shape index (κ3) is 2.37. The van der Waals surface area contributed by atoms with Crippen molar-refractivity contribution >= 4 is 28.5 Å². The van der Waals surface area contributed by atoms with Crippen LogP contribution >= 0.6 is 22.6 Å². The number of carbonyl (C=O) groups is 1. The van der Waals surface area contributed by atoms with Crippen LogP contribution in [-0.4, -0.2) is 42.1 Å². The molecule has 1 amide bonds. The molecule has 6 heteroatoms. The normalized spacial score (nSPS) is 18.5. The molecule has 1 atom stereocenters. The molecule has 0 bridgehead atoms. The SMILES string of the molecule is CC(I)c1nocc1C(=O)N1CCNCC1. The van der Waals surface area contributed by atoms with Crippen molar-refractivity contribution in [3.63, 3.8) is 0 Å². The molecule has 2 rings (SSSR count). The fourth-order valence-corrected chi connectivity index (χ4v) is 2.18. The minimum Gasteiger partial charge on any atom is -0.364 e. The molecule has 1 aliphatic heterocycles. The standard InChI is InChI=1S/C10H14IN3O2/c1-7(11)9-8(6-16-13-9)10(15)14-4-2-12-3-5-14/h6-7,12H,2-5H2,1H3. The molecule has 1 saturated heterocycles. The van der Waals surface area contributed by atoms with Gasteiger partial charge in [0.05, 0.1) is 3.92 Å². The number of amides is 1. The van der Waals surface area contributed by atoms with E-state index in [1.54, 1.807) is 0 Å². The average molecular weight is 335 g/mol. The summed E-state index contributed by atoms with van der Waals surface area (Å²) in [5.41, 5.74) is 1.34. The first kappa shape index (κ1) is 11.8. The fourth-order valence-electron chi connectivity index (χ4n) is 1.73. The van der Waals surface area contributed by atoms with Gasteiger partial charge in [-0.15, -0.1) is 0 Å². The number of carbonyl (C=O) groups excluding carboxylic acids is 1. The van der Waals surface area contributed by atoms with Crippen LogP contribution in [0.25, 0.3) is 0 Å². The lowest BCUT2D eigenvalue weighted by Gasteiger charge is -2.27. The first-order chi connectivity index (χ1) is 7.70. The molecule has 0 radical (unpaired) electrons. The van der Waals surface area contributed by atoms with Crippen molar-refractivity contribution in [1.29, 1.82) is 0 Å². The van der Waals surface area contributed by atoms with Gasteiger partial charge in [0.25, 0.3) is 5.91 Å². The Kier molecular flexibility index (Phi) is 3.80. The van der Waals surface area contributed by atoms with E-state index < -0.39 is 0 Å². The molecule has 5 nitrogen and oxygen atoms in total. The molecule has 88 valence electrons. The second-order valence-corrected chi connectivity index (χ2v) is 5.64. The number of nitrogens with one attached hydrogen (secondary N) is 1. The summed E-state index contributed by atoms with van der Waals surface area (Å²) in [4.78, 5) is 14.0. The summed E-state index contributed by atoms with van der Waals surface area (Å²) in [5, 5.41) is 7.10. The van der Waals surface area contributed by atoms with Gasteiger partial charge >= 0.3 is 0 Å². The van der Waals surface area contributed by atoms with Crippen LogP contribution in [-0.2, 0) is 0 Å². The van der Waals surface area contributed by atoms with E-state index in [4.69, 9.17) is 4.52 Å². The van der Waals surface area contributed by atoms with E-state index in [1.807, 2.05) is 11.8 Å². The Morgan fingerprint density at radius 2 is 2.31 bits per heavy atom. The summed E-state index contributed by atoms with van der Waals surface area (Å²) < 4.78 is 5.08. The van der Waals surface area contributed by atoms with Crippen LogP contribution in [0, 0.1) is 0 Å². The van der Waals surface area contributed by atoms with Gasteiger partial charge in [-0.2, -0.15) is 0 Å². The number of aromatic nitrogens is 1. The molecule has 1 unspecified atom stereocenters. The topological polar surface area (TPSA) is 58.4 Å². The summed E-state index contributed by atoms with van der Waals surface area (Å²) in [7, 11) is 0. The summed E-state index contributed by atoms with van der Waals surface area (Å²) in [6.45, 7) is 5.20. The van der Waals surface area contributed by atoms with E-state index in [0.29, 0.717) is 5.56 Å². The minimum absolute atomic E-state index is 0.0290. The van der Waals surface area contributed by atoms with Crippen LogP contribution in [0.15, 0.2) is 10.8 Å². The van der Waals surface area contributed by atoms with E-state index in [9.17, 15) is 4.79 Å². The van der Waals surface area contributed by atoms with Gasteiger partial charge in [0.1, 0.15) is 17.5 Å². The average Bonchev–Trinajstić information content (AvgIpc) is 2.78. The Balaban J connectivity index is 2.16. The highest BCUT2D eigenvalue weighted by Gasteiger charge is 2.24. The highest BCUT2D eigenvalue weighted by Crippen LogP contribution is 2.25. The van der Waals surface area contributed by atoms with Crippen molar-refractivity contribution in [2.24, 2.45) is 0 Å². The van der Waals surface area contributed by atoms with Crippen LogP contribution in [0.1, 0.15) is 26.9 Å². The molecular formula is C10H14IN3O2. The van der Waals surface area contributed by atoms with Crippen LogP contribution in [0.2, 0.25) is 0 Å². The van der Waals surface area contributed by atoms with Gasteiger partial charge in [-0.1, -0.05) is 27.7 Å². The van der Waals surface area contributed by atoms with Crippen LogP contribution in [0.4, 0.5) is 0 Å². The third-order valence-corrected chi connectivity index (χ3v) is 3.20. The number of hydrogen-bond donors (Lipinski definition) is 1. The summed E-state index contributed by atoms with van der Waals surface area (Å²) >= 11 is 2.23. The van der Waals surface area contributed by atoms with Gasteiger partial charge < -0.3 is 14.7 Å². The van der Waals surface area contributed by atoms with Gasteiger partial charge in [-0.25, -0.2) is 0 Å². The van der Waals surface area contributed by atoms with Gasteiger partial charge in [-0.3, -0.25) is 4.79 Å². The maximum absolute atomic E-state index is 12.2. The lowest BCUT2D eigenvalue weighted by Crippen LogP contribution is -2.46. The predicted octanol–water partition coefficient (Wildman–Crippen LogP) is 1.22. The minimum atomic E-state index is 0.0290. The van der Waals surface area contributed by atoms with Crippen molar-refractivity contribution in [3.8, 4) is 0 Å². The van der Waals surface area contributed by atoms with E-state index in [2.05, 4.69) is 33.1 Å². The van der Waals surface area contributed by atoms with Crippen LogP contribution < -0.4 is 5.32 Å². The fraction of sp³-hybridized carbons (Fsp3) is 0.600. The second-order valence-electron chi connectivity index (χ2n) is 3.77. The number of nitrogens with zero attached hydrogens (tertiary/aromatic N) is 2. The molecule has 16 heavy (non-hydrogen) atoms. The monoisotopic (exact) mass is 335 g/mol. The number of hydrogen-bond acceptors (Lipinski definition) is 4. The van der Waals surface area contributed by atoms with E-state index in [-0.39, 0.29) is 9.83 Å². The zero-order valence-corrected chi connectivity index (χ0v) is 11.2. The quantitative estimate of drug-likeness (QED) is 0.652. The molecule has 0 aromatic carbocycles. The Hall–Kier alpha value is -0.630. The van der Waals surface area contributed by atoms with E-state index in [1.165, 1.54) is 6.26 Å². The first-order valence-electron chi connectivity index (χ1n) is 5.28. The van der Waals surface area contributed by atoms with Crippen molar-refractivity contribution in [3.05, 3.63) is 17.5 Å². The number of halogens is 1. The number of alkyl halides is 1. The van der Waals surface area contributed by atoms with Gasteiger partial charge in [0.2, 0.25) is 0 Å². The first-order valence-corrected chi connectivity index (χ1v) is 6.53. The van der Waals surface area contributed by atoms with Crippen LogP contribution in [0.3, 0.4) is 0 Å². The summed E-state index contributed by atoms with van der Waals surface area (Å²) in [6, 6.07) is 0. The lowest BCUT2D eigenvalue weighted by atomic mass is 10.2. The van der Waals surface area contributed by atoms with E-state index in [0.717, 1.165) is 31.9 Å².